The van der Waals surface area contributed by atoms with Gasteiger partial charge in [0, 0.05) is 38.4 Å². The number of nitrogens with zero attached hydrogens (tertiary/aromatic N) is 3. The Balaban J connectivity index is 1.17. The highest BCUT2D eigenvalue weighted by Gasteiger charge is 2.14. The van der Waals surface area contributed by atoms with Gasteiger partial charge in [0.05, 0.1) is 11.0 Å². The monoisotopic (exact) mass is 493 g/mol. The van der Waals surface area contributed by atoms with Crippen molar-refractivity contribution >= 4 is 55.3 Å². The third-order valence-electron chi connectivity index (χ3n) is 7.02. The molecule has 0 aliphatic carbocycles. The Morgan fingerprint density at radius 2 is 1.19 bits per heavy atom. The molecule has 0 N–H and O–H groups in total. The van der Waals surface area contributed by atoms with Crippen LogP contribution in [-0.2, 0) is 0 Å². The van der Waals surface area contributed by atoms with Crippen molar-refractivity contribution in [2.45, 2.75) is 0 Å². The molecular weight excluding hydrogens is 474 g/mol. The molecule has 0 aliphatic rings. The molecule has 0 saturated heterocycles. The lowest BCUT2D eigenvalue weighted by atomic mass is 10.1. The van der Waals surface area contributed by atoms with Crippen molar-refractivity contribution in [1.82, 2.24) is 13.9 Å². The van der Waals surface area contributed by atoms with Crippen LogP contribution in [0.3, 0.4) is 0 Å². The Bertz CT molecular complexity index is 2040. The average molecular weight is 494 g/mol. The van der Waals surface area contributed by atoms with Crippen LogP contribution in [-0.4, -0.2) is 13.9 Å². The van der Waals surface area contributed by atoms with E-state index in [1.54, 1.807) is 0 Å². The van der Waals surface area contributed by atoms with Gasteiger partial charge in [-0.25, -0.2) is 4.98 Å². The highest BCUT2D eigenvalue weighted by atomic mass is 32.1. The summed E-state index contributed by atoms with van der Waals surface area (Å²) in [6.07, 6.45) is 0. The normalized spacial score (nSPS) is 11.8. The summed E-state index contributed by atoms with van der Waals surface area (Å²) in [5.41, 5.74) is 7.29. The van der Waals surface area contributed by atoms with Crippen LogP contribution in [0.5, 0.6) is 0 Å². The molecule has 3 heterocycles. The summed E-state index contributed by atoms with van der Waals surface area (Å²) in [6.45, 7) is 0. The van der Waals surface area contributed by atoms with E-state index in [0.29, 0.717) is 5.82 Å². The van der Waals surface area contributed by atoms with Gasteiger partial charge in [0.2, 0.25) is 0 Å². The van der Waals surface area contributed by atoms with Gasteiger partial charge in [0.15, 0.2) is 5.82 Å². The summed E-state index contributed by atoms with van der Waals surface area (Å²) in [6, 6.07) is 40.0. The van der Waals surface area contributed by atoms with Crippen LogP contribution in [0.4, 0.5) is 0 Å². The standard InChI is InChI=1S/C32H19N3OS/c1-4-10-27-23(7-1)24-8-2-5-11-28(24)35(27)22-16-13-20(14-17-22)32-33-31(34-37-32)21-15-18-26-25-9-3-6-12-29(25)36-30(26)19-21/h1-19H. The zero-order chi connectivity index (χ0) is 24.3. The molecule has 0 atom stereocenters. The summed E-state index contributed by atoms with van der Waals surface area (Å²) in [5, 5.41) is 5.65. The van der Waals surface area contributed by atoms with Gasteiger partial charge >= 0.3 is 0 Å². The topological polar surface area (TPSA) is 43.9 Å². The maximum Gasteiger partial charge on any atom is 0.173 e. The summed E-state index contributed by atoms with van der Waals surface area (Å²) < 4.78 is 13.0. The van der Waals surface area contributed by atoms with Crippen molar-refractivity contribution in [3.05, 3.63) is 115 Å². The molecule has 0 spiro atoms. The SMILES string of the molecule is c1ccc2c(c1)oc1cc(-c3nsc(-c4ccc(-n5c6ccccc6c6ccccc65)cc4)n3)ccc12. The maximum absolute atomic E-state index is 6.06. The van der Waals surface area contributed by atoms with Gasteiger partial charge in [0.1, 0.15) is 16.2 Å². The lowest BCUT2D eigenvalue weighted by Gasteiger charge is -2.08. The van der Waals surface area contributed by atoms with E-state index < -0.39 is 0 Å². The average Bonchev–Trinajstić information content (AvgIpc) is 3.67. The summed E-state index contributed by atoms with van der Waals surface area (Å²) in [4.78, 5) is 4.86. The molecule has 0 radical (unpaired) electrons. The van der Waals surface area contributed by atoms with Crippen molar-refractivity contribution in [2.24, 2.45) is 0 Å². The molecule has 5 aromatic carbocycles. The van der Waals surface area contributed by atoms with Gasteiger partial charge in [-0.2, -0.15) is 4.37 Å². The Hall–Kier alpha value is -4.74. The first-order chi connectivity index (χ1) is 18.3. The second kappa shape index (κ2) is 7.88. The van der Waals surface area contributed by atoms with Gasteiger partial charge in [-0.15, -0.1) is 0 Å². The molecule has 8 rings (SSSR count). The molecule has 3 aromatic heterocycles. The molecule has 4 nitrogen and oxygen atoms in total. The van der Waals surface area contributed by atoms with Crippen molar-refractivity contribution in [3.63, 3.8) is 0 Å². The fourth-order valence-electron chi connectivity index (χ4n) is 5.28. The lowest BCUT2D eigenvalue weighted by Crippen LogP contribution is -1.93. The molecule has 5 heteroatoms. The van der Waals surface area contributed by atoms with Gasteiger partial charge in [0.25, 0.3) is 0 Å². The van der Waals surface area contributed by atoms with Crippen LogP contribution >= 0.6 is 11.5 Å². The second-order valence-corrected chi connectivity index (χ2v) is 9.90. The van der Waals surface area contributed by atoms with E-state index in [0.717, 1.165) is 43.8 Å². The Morgan fingerprint density at radius 3 is 1.95 bits per heavy atom. The highest BCUT2D eigenvalue weighted by Crippen LogP contribution is 2.35. The van der Waals surface area contributed by atoms with Crippen molar-refractivity contribution in [3.8, 4) is 27.6 Å². The van der Waals surface area contributed by atoms with Crippen molar-refractivity contribution in [2.75, 3.05) is 0 Å². The minimum atomic E-state index is 0.717. The zero-order valence-electron chi connectivity index (χ0n) is 19.6. The minimum Gasteiger partial charge on any atom is -0.456 e. The van der Waals surface area contributed by atoms with Crippen LogP contribution in [0.2, 0.25) is 0 Å². The smallest absolute Gasteiger partial charge is 0.173 e. The Labute approximate surface area is 216 Å². The van der Waals surface area contributed by atoms with E-state index in [-0.39, 0.29) is 0 Å². The number of fused-ring (bicyclic) bond motifs is 6. The number of hydrogen-bond donors (Lipinski definition) is 0. The van der Waals surface area contributed by atoms with E-state index in [9.17, 15) is 0 Å². The number of hydrogen-bond acceptors (Lipinski definition) is 4. The van der Waals surface area contributed by atoms with Crippen LogP contribution < -0.4 is 0 Å². The minimum absolute atomic E-state index is 0.717. The molecule has 0 unspecified atom stereocenters. The summed E-state index contributed by atoms with van der Waals surface area (Å²) in [5.74, 6) is 0.717. The third-order valence-corrected chi connectivity index (χ3v) is 7.78. The Kier molecular flexibility index (Phi) is 4.36. The zero-order valence-corrected chi connectivity index (χ0v) is 20.4. The lowest BCUT2D eigenvalue weighted by molar-refractivity contribution is 0.669. The van der Waals surface area contributed by atoms with E-state index in [2.05, 4.69) is 99.9 Å². The fourth-order valence-corrected chi connectivity index (χ4v) is 5.96. The summed E-state index contributed by atoms with van der Waals surface area (Å²) in [7, 11) is 0. The number of para-hydroxylation sites is 3. The predicted octanol–water partition coefficient (Wildman–Crippen LogP) is 8.87. The molecule has 0 bridgehead atoms. The van der Waals surface area contributed by atoms with Crippen molar-refractivity contribution in [1.29, 1.82) is 0 Å². The van der Waals surface area contributed by atoms with Gasteiger partial charge in [-0.05, 0) is 66.1 Å². The van der Waals surface area contributed by atoms with Crippen LogP contribution in [0.15, 0.2) is 120 Å². The number of aromatic nitrogens is 3. The summed E-state index contributed by atoms with van der Waals surface area (Å²) >= 11 is 1.42. The molecular formula is C32H19N3OS. The van der Waals surface area contributed by atoms with E-state index in [1.165, 1.54) is 33.3 Å². The quantitative estimate of drug-likeness (QED) is 0.247. The van der Waals surface area contributed by atoms with E-state index in [1.807, 2.05) is 24.3 Å². The molecule has 8 aromatic rings. The molecule has 174 valence electrons. The van der Waals surface area contributed by atoms with Crippen LogP contribution in [0.1, 0.15) is 0 Å². The van der Waals surface area contributed by atoms with Crippen LogP contribution in [0.25, 0.3) is 71.4 Å². The van der Waals surface area contributed by atoms with Crippen LogP contribution in [0, 0.1) is 0 Å². The largest absolute Gasteiger partial charge is 0.456 e. The molecule has 0 aliphatic heterocycles. The maximum atomic E-state index is 6.06. The second-order valence-electron chi connectivity index (χ2n) is 9.15. The highest BCUT2D eigenvalue weighted by molar-refractivity contribution is 7.09. The first-order valence-electron chi connectivity index (χ1n) is 12.2. The number of rotatable bonds is 3. The number of furan rings is 1. The molecule has 37 heavy (non-hydrogen) atoms. The van der Waals surface area contributed by atoms with Crippen molar-refractivity contribution < 1.29 is 4.42 Å². The van der Waals surface area contributed by atoms with Gasteiger partial charge < -0.3 is 8.98 Å². The first-order valence-corrected chi connectivity index (χ1v) is 13.0. The molecule has 0 fully saturated rings. The predicted molar refractivity (Wildman–Crippen MR) is 152 cm³/mol. The van der Waals surface area contributed by atoms with Gasteiger partial charge in [-0.3, -0.25) is 0 Å². The van der Waals surface area contributed by atoms with E-state index in [4.69, 9.17) is 9.40 Å². The first kappa shape index (κ1) is 20.5. The van der Waals surface area contributed by atoms with E-state index >= 15 is 0 Å². The fraction of sp³-hybridized carbons (Fsp3) is 0. The number of benzene rings is 5. The third kappa shape index (κ3) is 3.14. The molecule has 0 saturated carbocycles. The van der Waals surface area contributed by atoms with Gasteiger partial charge in [-0.1, -0.05) is 60.7 Å². The molecule has 0 amide bonds. The Morgan fingerprint density at radius 1 is 0.568 bits per heavy atom.